The minimum Gasteiger partial charge on any atom is -0.462 e. The molecule has 0 heterocycles. The van der Waals surface area contributed by atoms with E-state index in [0.717, 1.165) is 161 Å². The number of hydrogen-bond acceptors (Lipinski definition) is 15. The fourth-order valence-electron chi connectivity index (χ4n) is 10.4. The summed E-state index contributed by atoms with van der Waals surface area (Å²) in [6, 6.07) is 0. The lowest BCUT2D eigenvalue weighted by Gasteiger charge is -2.21. The third-order valence-electron chi connectivity index (χ3n) is 16.3. The highest BCUT2D eigenvalue weighted by molar-refractivity contribution is 7.47. The van der Waals surface area contributed by atoms with E-state index >= 15 is 0 Å². The molecular weight excluding hydrogens is 1280 g/mol. The van der Waals surface area contributed by atoms with Gasteiger partial charge in [0.25, 0.3) is 0 Å². The smallest absolute Gasteiger partial charge is 0.462 e. The van der Waals surface area contributed by atoms with Crippen LogP contribution < -0.4 is 0 Å². The van der Waals surface area contributed by atoms with E-state index in [0.29, 0.717) is 25.7 Å². The first-order valence-electron chi connectivity index (χ1n) is 38.8. The van der Waals surface area contributed by atoms with Crippen LogP contribution in [0.3, 0.4) is 0 Å². The van der Waals surface area contributed by atoms with Crippen molar-refractivity contribution in [3.05, 3.63) is 85.1 Å². The molecule has 0 aliphatic carbocycles. The Hall–Kier alpha value is -3.76. The molecule has 0 aromatic carbocycles. The molecule has 0 radical (unpaired) electrons. The number of carbonyl (C=O) groups excluding carboxylic acids is 4. The van der Waals surface area contributed by atoms with Crippen molar-refractivity contribution in [3.8, 4) is 0 Å². The van der Waals surface area contributed by atoms with Crippen molar-refractivity contribution >= 4 is 39.5 Å². The lowest BCUT2D eigenvalue weighted by atomic mass is 10.0. The van der Waals surface area contributed by atoms with Crippen molar-refractivity contribution in [2.75, 3.05) is 39.6 Å². The number of aliphatic hydroxyl groups is 1. The van der Waals surface area contributed by atoms with E-state index in [9.17, 15) is 43.2 Å². The summed E-state index contributed by atoms with van der Waals surface area (Å²) in [6.45, 7) is 4.70. The highest BCUT2D eigenvalue weighted by Crippen LogP contribution is 2.45. The number of phosphoric acid groups is 2. The normalized spacial score (nSPS) is 14.4. The summed E-state index contributed by atoms with van der Waals surface area (Å²) < 4.78 is 68.5. The number of rotatable bonds is 73. The number of carbonyl (C=O) groups is 4. The molecule has 0 spiro atoms. The van der Waals surface area contributed by atoms with Crippen molar-refractivity contribution in [3.63, 3.8) is 0 Å². The molecule has 0 bridgehead atoms. The topological polar surface area (TPSA) is 237 Å². The third kappa shape index (κ3) is 70.7. The van der Waals surface area contributed by atoms with Gasteiger partial charge in [-0.05, 0) is 122 Å². The predicted molar refractivity (Wildman–Crippen MR) is 399 cm³/mol. The second-order valence-electron chi connectivity index (χ2n) is 25.9. The Labute approximate surface area is 595 Å². The van der Waals surface area contributed by atoms with Gasteiger partial charge in [0.2, 0.25) is 0 Å². The third-order valence-corrected chi connectivity index (χ3v) is 18.2. The van der Waals surface area contributed by atoms with Crippen molar-refractivity contribution in [1.82, 2.24) is 0 Å². The van der Waals surface area contributed by atoms with E-state index in [1.165, 1.54) is 96.3 Å². The van der Waals surface area contributed by atoms with Crippen LogP contribution in [0.1, 0.15) is 336 Å². The van der Waals surface area contributed by atoms with E-state index < -0.39 is 97.5 Å². The molecule has 0 aromatic rings. The van der Waals surface area contributed by atoms with Crippen LogP contribution >= 0.6 is 15.6 Å². The number of unbranched alkanes of at least 4 members (excludes halogenated alkanes) is 33. The lowest BCUT2D eigenvalue weighted by Crippen LogP contribution is -2.30. The highest BCUT2D eigenvalue weighted by Gasteiger charge is 2.30. The van der Waals surface area contributed by atoms with Gasteiger partial charge in [-0.15, -0.1) is 0 Å². The molecule has 5 unspecified atom stereocenters. The molecule has 0 rings (SSSR count). The number of allylic oxidation sites excluding steroid dienone is 14. The monoisotopic (exact) mass is 1420 g/mol. The Morgan fingerprint density at radius 3 is 0.857 bits per heavy atom. The Balaban J connectivity index is 5.35. The lowest BCUT2D eigenvalue weighted by molar-refractivity contribution is -0.161. The van der Waals surface area contributed by atoms with E-state index in [4.69, 9.17) is 37.0 Å². The minimum absolute atomic E-state index is 0.0803. The van der Waals surface area contributed by atoms with Crippen LogP contribution in [0.5, 0.6) is 0 Å². The molecule has 19 heteroatoms. The molecule has 0 aliphatic heterocycles. The maximum atomic E-state index is 13.1. The molecule has 0 saturated heterocycles. The molecule has 0 fully saturated rings. The molecule has 0 aliphatic rings. The van der Waals surface area contributed by atoms with Gasteiger partial charge in [0, 0.05) is 25.7 Å². The molecule has 0 aromatic heterocycles. The zero-order chi connectivity index (χ0) is 71.8. The predicted octanol–water partition coefficient (Wildman–Crippen LogP) is 22.2. The molecule has 0 saturated carbocycles. The van der Waals surface area contributed by atoms with Crippen LogP contribution in [0.4, 0.5) is 0 Å². The Bertz CT molecular complexity index is 2190. The van der Waals surface area contributed by atoms with E-state index in [-0.39, 0.29) is 25.7 Å². The summed E-state index contributed by atoms with van der Waals surface area (Å²) >= 11 is 0. The quantitative estimate of drug-likeness (QED) is 0.0169. The van der Waals surface area contributed by atoms with Gasteiger partial charge < -0.3 is 33.8 Å². The van der Waals surface area contributed by atoms with Gasteiger partial charge in [0.05, 0.1) is 26.4 Å². The van der Waals surface area contributed by atoms with E-state index in [2.05, 4.69) is 113 Å². The molecule has 5 atom stereocenters. The summed E-state index contributed by atoms with van der Waals surface area (Å²) in [5.41, 5.74) is 0. The molecule has 17 nitrogen and oxygen atoms in total. The van der Waals surface area contributed by atoms with Crippen molar-refractivity contribution < 1.29 is 80.2 Å². The Morgan fingerprint density at radius 2 is 0.531 bits per heavy atom. The van der Waals surface area contributed by atoms with E-state index in [1.54, 1.807) is 0 Å². The van der Waals surface area contributed by atoms with Gasteiger partial charge in [-0.1, -0.05) is 273 Å². The fourth-order valence-corrected chi connectivity index (χ4v) is 12.0. The van der Waals surface area contributed by atoms with Crippen LogP contribution in [-0.4, -0.2) is 96.7 Å². The number of phosphoric ester groups is 2. The maximum Gasteiger partial charge on any atom is 0.472 e. The van der Waals surface area contributed by atoms with Crippen LogP contribution in [0.25, 0.3) is 0 Å². The SMILES string of the molecule is CC/C=C\C/C=C\C/C=C\C/C=C\CCCCCCC(=O)OCC(COP(=O)(O)OCC(O)COP(=O)(O)OCC(COC(=O)CCCCCCC/C=C\C/C=C\CCCCC)OC(=O)CCCCCCCCCCCCCCC)OC(=O)CCCCCCC/C=C\CCCCCC. The second-order valence-corrected chi connectivity index (χ2v) is 28.8. The number of hydrogen-bond donors (Lipinski definition) is 3. The van der Waals surface area contributed by atoms with E-state index in [1.807, 2.05) is 0 Å². The van der Waals surface area contributed by atoms with Gasteiger partial charge >= 0.3 is 39.5 Å². The molecule has 98 heavy (non-hydrogen) atoms. The van der Waals surface area contributed by atoms with Gasteiger partial charge in [-0.3, -0.25) is 37.3 Å². The van der Waals surface area contributed by atoms with Crippen LogP contribution in [0.2, 0.25) is 0 Å². The minimum atomic E-state index is -4.98. The summed E-state index contributed by atoms with van der Waals surface area (Å²) in [5.74, 6) is -2.21. The molecular formula is C79H140O17P2. The molecule has 3 N–H and O–H groups in total. The molecule has 0 amide bonds. The number of esters is 4. The van der Waals surface area contributed by atoms with Gasteiger partial charge in [-0.25, -0.2) is 9.13 Å². The molecule has 568 valence electrons. The zero-order valence-electron chi connectivity index (χ0n) is 62.0. The summed E-state index contributed by atoms with van der Waals surface area (Å²) in [6.07, 6.45) is 72.8. The Kier molecular flexibility index (Phi) is 68.9. The summed E-state index contributed by atoms with van der Waals surface area (Å²) in [4.78, 5) is 72.9. The first kappa shape index (κ1) is 94.2. The first-order chi connectivity index (χ1) is 47.7. The van der Waals surface area contributed by atoms with Crippen LogP contribution in [-0.2, 0) is 65.4 Å². The zero-order valence-corrected chi connectivity index (χ0v) is 63.7. The van der Waals surface area contributed by atoms with Crippen molar-refractivity contribution in [2.24, 2.45) is 0 Å². The average molecular weight is 1420 g/mol. The van der Waals surface area contributed by atoms with Crippen molar-refractivity contribution in [1.29, 1.82) is 0 Å². The van der Waals surface area contributed by atoms with Gasteiger partial charge in [-0.2, -0.15) is 0 Å². The summed E-state index contributed by atoms with van der Waals surface area (Å²) in [5, 5.41) is 10.6. The van der Waals surface area contributed by atoms with Crippen LogP contribution in [0, 0.1) is 0 Å². The largest absolute Gasteiger partial charge is 0.472 e. The standard InChI is InChI=1S/C79H140O17P2/c1-5-9-13-17-21-25-29-33-35-36-38-42-44-48-52-56-60-64-77(82)90-70-75(96-79(84)66-62-58-54-50-46-40-32-28-24-20-16-12-8-4)72-94-98(87,88)92-68-73(80)67-91-97(85,86)93-71-74(95-78(83)65-61-57-53-49-45-39-31-27-23-19-15-11-7-3)69-89-76(81)63-59-55-51-47-43-41-37-34-30-26-22-18-14-10-6-2/h9,13,21-22,25-26,28,32-35,37-38,42,73-75,80H,5-8,10-12,14-20,23-24,27,29-31,36,39-41,43-72H2,1-4H3,(H,85,86)(H,87,88)/b13-9-,25-21-,26-22-,32-28-,35-33-,37-34-,42-38-. The van der Waals surface area contributed by atoms with Crippen LogP contribution in [0.15, 0.2) is 85.1 Å². The van der Waals surface area contributed by atoms with Crippen molar-refractivity contribution in [2.45, 2.75) is 354 Å². The average Bonchev–Trinajstić information content (AvgIpc) is 0.969. The Morgan fingerprint density at radius 1 is 0.296 bits per heavy atom. The second kappa shape index (κ2) is 71.6. The van der Waals surface area contributed by atoms with Gasteiger partial charge in [0.15, 0.2) is 12.2 Å². The number of ether oxygens (including phenoxy) is 4. The highest BCUT2D eigenvalue weighted by atomic mass is 31.2. The first-order valence-corrected chi connectivity index (χ1v) is 41.8. The van der Waals surface area contributed by atoms with Gasteiger partial charge in [0.1, 0.15) is 19.3 Å². The summed E-state index contributed by atoms with van der Waals surface area (Å²) in [7, 11) is -9.95. The fraction of sp³-hybridized carbons (Fsp3) is 0.772. The number of aliphatic hydroxyl groups excluding tert-OH is 1. The maximum absolute atomic E-state index is 13.1.